The fourth-order valence-corrected chi connectivity index (χ4v) is 2.17. The quantitative estimate of drug-likeness (QED) is 0.899. The van der Waals surface area contributed by atoms with Crippen LogP contribution in [0.2, 0.25) is 0 Å². The van der Waals surface area contributed by atoms with E-state index in [0.717, 1.165) is 18.6 Å². The van der Waals surface area contributed by atoms with E-state index in [1.165, 1.54) is 12.8 Å². The van der Waals surface area contributed by atoms with Crippen LogP contribution in [0.5, 0.6) is 17.4 Å². The normalized spacial score (nSPS) is 15.8. The Morgan fingerprint density at radius 3 is 2.78 bits per heavy atom. The van der Waals surface area contributed by atoms with E-state index >= 15 is 0 Å². The van der Waals surface area contributed by atoms with Gasteiger partial charge in [-0.1, -0.05) is 16.4 Å². The van der Waals surface area contributed by atoms with Crippen molar-refractivity contribution >= 4 is 0 Å². The van der Waals surface area contributed by atoms with Gasteiger partial charge in [-0.3, -0.25) is 5.10 Å². The van der Waals surface area contributed by atoms with Crippen LogP contribution in [0.25, 0.3) is 0 Å². The lowest BCUT2D eigenvalue weighted by Crippen LogP contribution is -2.10. The first-order valence-electron chi connectivity index (χ1n) is 6.21. The Labute approximate surface area is 105 Å². The smallest absolute Gasteiger partial charge is 0.258 e. The first-order valence-corrected chi connectivity index (χ1v) is 6.21. The molecule has 0 bridgehead atoms. The van der Waals surface area contributed by atoms with Crippen LogP contribution < -0.4 is 9.47 Å². The molecule has 18 heavy (non-hydrogen) atoms. The Morgan fingerprint density at radius 2 is 2.00 bits per heavy atom. The Bertz CT molecular complexity index is 493. The van der Waals surface area contributed by atoms with E-state index in [2.05, 4.69) is 15.4 Å². The second-order valence-corrected chi connectivity index (χ2v) is 4.41. The van der Waals surface area contributed by atoms with Crippen molar-refractivity contribution in [1.82, 2.24) is 15.4 Å². The molecule has 5 heteroatoms. The molecule has 0 amide bonds. The molecule has 1 fully saturated rings. The molecule has 1 aliphatic carbocycles. The summed E-state index contributed by atoms with van der Waals surface area (Å²) in [4.78, 5) is 0. The molecule has 3 rings (SSSR count). The molecule has 2 aromatic rings. The van der Waals surface area contributed by atoms with E-state index in [4.69, 9.17) is 9.47 Å². The number of hydrogen-bond donors (Lipinski definition) is 1. The maximum Gasteiger partial charge on any atom is 0.258 e. The Morgan fingerprint density at radius 1 is 1.17 bits per heavy atom. The SMILES string of the molecule is c1cc(Oc2c[nH]nn2)cc(OC2CCCC2)c1. The fourth-order valence-electron chi connectivity index (χ4n) is 2.17. The summed E-state index contributed by atoms with van der Waals surface area (Å²) >= 11 is 0. The molecule has 0 saturated heterocycles. The lowest BCUT2D eigenvalue weighted by Gasteiger charge is -2.13. The van der Waals surface area contributed by atoms with Crippen LogP contribution in [0.4, 0.5) is 0 Å². The number of rotatable bonds is 4. The minimum absolute atomic E-state index is 0.354. The van der Waals surface area contributed by atoms with Crippen molar-refractivity contribution in [2.24, 2.45) is 0 Å². The molecule has 1 aromatic carbocycles. The van der Waals surface area contributed by atoms with Crippen LogP contribution in [0, 0.1) is 0 Å². The van der Waals surface area contributed by atoms with Gasteiger partial charge in [0.05, 0.1) is 12.3 Å². The minimum Gasteiger partial charge on any atom is -0.490 e. The first-order chi connectivity index (χ1) is 8.90. The molecule has 0 radical (unpaired) electrons. The van der Waals surface area contributed by atoms with Crippen molar-refractivity contribution < 1.29 is 9.47 Å². The number of nitrogens with one attached hydrogen (secondary N) is 1. The summed E-state index contributed by atoms with van der Waals surface area (Å²) in [5.74, 6) is 2.01. The predicted octanol–water partition coefficient (Wildman–Crippen LogP) is 2.92. The highest BCUT2D eigenvalue weighted by atomic mass is 16.5. The van der Waals surface area contributed by atoms with Crippen molar-refractivity contribution in [2.45, 2.75) is 31.8 Å². The summed E-state index contributed by atoms with van der Waals surface area (Å²) in [6.07, 6.45) is 6.78. The van der Waals surface area contributed by atoms with Gasteiger partial charge >= 0.3 is 0 Å². The first kappa shape index (κ1) is 11.1. The largest absolute Gasteiger partial charge is 0.490 e. The molecule has 0 unspecified atom stereocenters. The van der Waals surface area contributed by atoms with Gasteiger partial charge in [-0.05, 0) is 37.8 Å². The number of hydrogen-bond acceptors (Lipinski definition) is 4. The number of aromatic nitrogens is 3. The molecule has 1 aliphatic rings. The van der Waals surface area contributed by atoms with Gasteiger partial charge in [-0.15, -0.1) is 0 Å². The Hall–Kier alpha value is -2.04. The van der Waals surface area contributed by atoms with Crippen molar-refractivity contribution in [3.8, 4) is 17.4 Å². The van der Waals surface area contributed by atoms with Crippen LogP contribution in [0.3, 0.4) is 0 Å². The highest BCUT2D eigenvalue weighted by Gasteiger charge is 2.16. The van der Waals surface area contributed by atoms with E-state index < -0.39 is 0 Å². The highest BCUT2D eigenvalue weighted by Crippen LogP contribution is 2.27. The average Bonchev–Trinajstić information content (AvgIpc) is 3.03. The van der Waals surface area contributed by atoms with Gasteiger partial charge in [0.15, 0.2) is 0 Å². The Kier molecular flexibility index (Phi) is 3.12. The topological polar surface area (TPSA) is 60.0 Å². The van der Waals surface area contributed by atoms with Crippen LogP contribution in [-0.4, -0.2) is 21.5 Å². The number of benzene rings is 1. The number of ether oxygens (including phenoxy) is 2. The summed E-state index contributed by atoms with van der Waals surface area (Å²) < 4.78 is 11.4. The van der Waals surface area contributed by atoms with Crippen LogP contribution in [0.15, 0.2) is 30.5 Å². The lowest BCUT2D eigenvalue weighted by atomic mass is 10.3. The molecule has 0 spiro atoms. The molecule has 1 saturated carbocycles. The Balaban J connectivity index is 1.68. The zero-order chi connectivity index (χ0) is 12.2. The lowest BCUT2D eigenvalue weighted by molar-refractivity contribution is 0.209. The molecule has 1 N–H and O–H groups in total. The molecule has 0 atom stereocenters. The third-order valence-electron chi connectivity index (χ3n) is 3.03. The second kappa shape index (κ2) is 5.08. The maximum atomic E-state index is 5.91. The zero-order valence-electron chi connectivity index (χ0n) is 10.0. The van der Waals surface area contributed by atoms with Gasteiger partial charge in [0.1, 0.15) is 11.5 Å². The third kappa shape index (κ3) is 2.61. The molecular formula is C13H15N3O2. The minimum atomic E-state index is 0.354. The molecular weight excluding hydrogens is 230 g/mol. The summed E-state index contributed by atoms with van der Waals surface area (Å²) in [7, 11) is 0. The van der Waals surface area contributed by atoms with E-state index in [1.54, 1.807) is 6.20 Å². The van der Waals surface area contributed by atoms with Crippen molar-refractivity contribution in [1.29, 1.82) is 0 Å². The predicted molar refractivity (Wildman–Crippen MR) is 65.8 cm³/mol. The maximum absolute atomic E-state index is 5.91. The molecule has 5 nitrogen and oxygen atoms in total. The molecule has 1 aromatic heterocycles. The standard InChI is InChI=1S/C13H15N3O2/c1-2-5-10(4-1)17-11-6-3-7-12(8-11)18-13-9-14-16-15-13/h3,6-10H,1-2,4-5H2,(H,14,15,16). The second-order valence-electron chi connectivity index (χ2n) is 4.41. The summed E-state index contributed by atoms with van der Waals surface area (Å²) in [6, 6.07) is 7.62. The highest BCUT2D eigenvalue weighted by molar-refractivity contribution is 5.34. The van der Waals surface area contributed by atoms with E-state index in [-0.39, 0.29) is 0 Å². The van der Waals surface area contributed by atoms with E-state index in [9.17, 15) is 0 Å². The number of H-pyrrole nitrogens is 1. The monoisotopic (exact) mass is 245 g/mol. The zero-order valence-corrected chi connectivity index (χ0v) is 10.0. The summed E-state index contributed by atoms with van der Waals surface area (Å²) in [5.41, 5.74) is 0. The average molecular weight is 245 g/mol. The van der Waals surface area contributed by atoms with E-state index in [0.29, 0.717) is 17.7 Å². The van der Waals surface area contributed by atoms with Gasteiger partial charge in [0.25, 0.3) is 5.88 Å². The van der Waals surface area contributed by atoms with Crippen LogP contribution in [0.1, 0.15) is 25.7 Å². The number of aromatic amines is 1. The van der Waals surface area contributed by atoms with Crippen molar-refractivity contribution in [3.05, 3.63) is 30.5 Å². The molecule has 0 aliphatic heterocycles. The van der Waals surface area contributed by atoms with Gasteiger partial charge in [-0.25, -0.2) is 0 Å². The van der Waals surface area contributed by atoms with Gasteiger partial charge in [-0.2, -0.15) is 0 Å². The van der Waals surface area contributed by atoms with Gasteiger partial charge in [0, 0.05) is 6.07 Å². The van der Waals surface area contributed by atoms with Crippen molar-refractivity contribution in [3.63, 3.8) is 0 Å². The third-order valence-corrected chi connectivity index (χ3v) is 3.03. The summed E-state index contributed by atoms with van der Waals surface area (Å²) in [5, 5.41) is 9.97. The molecule has 1 heterocycles. The van der Waals surface area contributed by atoms with Crippen LogP contribution >= 0.6 is 0 Å². The number of nitrogens with zero attached hydrogens (tertiary/aromatic N) is 2. The van der Waals surface area contributed by atoms with Crippen molar-refractivity contribution in [2.75, 3.05) is 0 Å². The van der Waals surface area contributed by atoms with Crippen LogP contribution in [-0.2, 0) is 0 Å². The molecule has 94 valence electrons. The fraction of sp³-hybridized carbons (Fsp3) is 0.385. The summed E-state index contributed by atoms with van der Waals surface area (Å²) in [6.45, 7) is 0. The van der Waals surface area contributed by atoms with Gasteiger partial charge < -0.3 is 9.47 Å². The van der Waals surface area contributed by atoms with E-state index in [1.807, 2.05) is 24.3 Å². The van der Waals surface area contributed by atoms with Gasteiger partial charge in [0.2, 0.25) is 0 Å².